The largest absolute Gasteiger partial charge is 0.507 e. The molecule has 5 rings (SSSR count). The Hall–Kier alpha value is -2.42. The second kappa shape index (κ2) is 5.04. The molecule has 3 aromatic carbocycles. The van der Waals surface area contributed by atoms with E-state index >= 15 is 0 Å². The van der Waals surface area contributed by atoms with Crippen molar-refractivity contribution in [3.63, 3.8) is 0 Å². The van der Waals surface area contributed by atoms with E-state index in [9.17, 15) is 13.9 Å². The molecule has 0 aliphatic heterocycles. The van der Waals surface area contributed by atoms with Crippen LogP contribution in [0.15, 0.2) is 42.5 Å². The van der Waals surface area contributed by atoms with Gasteiger partial charge in [0.15, 0.2) is 0 Å². The molecule has 1 spiro atoms. The first-order valence-corrected chi connectivity index (χ1v) is 8.87. The molecule has 0 atom stereocenters. The highest BCUT2D eigenvalue weighted by Gasteiger charge is 2.46. The van der Waals surface area contributed by atoms with Gasteiger partial charge in [-0.25, -0.2) is 8.78 Å². The molecule has 1 nitrogen and oxygen atoms in total. The van der Waals surface area contributed by atoms with Gasteiger partial charge in [0.2, 0.25) is 0 Å². The maximum absolute atomic E-state index is 14.9. The van der Waals surface area contributed by atoms with Crippen LogP contribution in [0.3, 0.4) is 0 Å². The summed E-state index contributed by atoms with van der Waals surface area (Å²) in [4.78, 5) is 0. The van der Waals surface area contributed by atoms with Gasteiger partial charge >= 0.3 is 0 Å². The molecular weight excluding hydrogens is 318 g/mol. The van der Waals surface area contributed by atoms with Crippen molar-refractivity contribution in [2.45, 2.75) is 37.5 Å². The molecule has 1 saturated carbocycles. The Morgan fingerprint density at radius 3 is 2.36 bits per heavy atom. The summed E-state index contributed by atoms with van der Waals surface area (Å²) in [6.07, 6.45) is 4.85. The summed E-state index contributed by atoms with van der Waals surface area (Å²) >= 11 is 0. The average molecular weight is 336 g/mol. The van der Waals surface area contributed by atoms with Crippen molar-refractivity contribution in [1.29, 1.82) is 0 Å². The second-order valence-corrected chi connectivity index (χ2v) is 7.32. The predicted molar refractivity (Wildman–Crippen MR) is 94.8 cm³/mol. The predicted octanol–water partition coefficient (Wildman–Crippen LogP) is 6.05. The van der Waals surface area contributed by atoms with E-state index in [1.54, 1.807) is 6.07 Å². The zero-order valence-corrected chi connectivity index (χ0v) is 13.8. The van der Waals surface area contributed by atoms with Gasteiger partial charge in [-0.2, -0.15) is 0 Å². The monoisotopic (exact) mass is 336 g/mol. The normalized spacial score (nSPS) is 17.7. The maximum Gasteiger partial charge on any atom is 0.130 e. The number of aromatic hydroxyl groups is 1. The molecule has 1 N–H and O–H groups in total. The van der Waals surface area contributed by atoms with E-state index in [4.69, 9.17) is 0 Å². The fraction of sp³-hybridized carbons (Fsp3) is 0.273. The van der Waals surface area contributed by atoms with Gasteiger partial charge in [0, 0.05) is 22.4 Å². The minimum Gasteiger partial charge on any atom is -0.507 e. The number of phenols is 1. The third kappa shape index (κ3) is 1.87. The topological polar surface area (TPSA) is 20.2 Å². The second-order valence-electron chi connectivity index (χ2n) is 7.32. The molecule has 2 aliphatic rings. The quantitative estimate of drug-likeness (QED) is 0.529. The summed E-state index contributed by atoms with van der Waals surface area (Å²) in [7, 11) is 0. The molecule has 3 aromatic rings. The number of hydrogen-bond donors (Lipinski definition) is 1. The lowest BCUT2D eigenvalue weighted by Gasteiger charge is -2.36. The number of fused-ring (bicyclic) bond motifs is 7. The average Bonchev–Trinajstić information content (AvgIpc) is 2.86. The van der Waals surface area contributed by atoms with Crippen molar-refractivity contribution >= 4 is 10.8 Å². The molecule has 3 heteroatoms. The van der Waals surface area contributed by atoms with Crippen molar-refractivity contribution in [3.8, 4) is 16.9 Å². The smallest absolute Gasteiger partial charge is 0.130 e. The Labute approximate surface area is 144 Å². The van der Waals surface area contributed by atoms with Crippen LogP contribution in [0.4, 0.5) is 8.78 Å². The van der Waals surface area contributed by atoms with Crippen LogP contribution < -0.4 is 0 Å². The third-order valence-electron chi connectivity index (χ3n) is 6.05. The van der Waals surface area contributed by atoms with Crippen LogP contribution in [0.2, 0.25) is 0 Å². The van der Waals surface area contributed by atoms with Gasteiger partial charge in [-0.05, 0) is 47.1 Å². The van der Waals surface area contributed by atoms with E-state index in [0.717, 1.165) is 60.1 Å². The van der Waals surface area contributed by atoms with E-state index in [-0.39, 0.29) is 5.75 Å². The molecule has 0 bridgehead atoms. The van der Waals surface area contributed by atoms with E-state index in [1.165, 1.54) is 6.07 Å². The molecule has 25 heavy (non-hydrogen) atoms. The van der Waals surface area contributed by atoms with Crippen LogP contribution >= 0.6 is 0 Å². The SMILES string of the molecule is Oc1cc2c(c3ccccc13)-c1cc(F)cc(F)c1C21CCCCC1. The first-order chi connectivity index (χ1) is 12.1. The zero-order valence-electron chi connectivity index (χ0n) is 13.8. The highest BCUT2D eigenvalue weighted by molar-refractivity contribution is 6.05. The highest BCUT2D eigenvalue weighted by Crippen LogP contribution is 2.59. The van der Waals surface area contributed by atoms with E-state index in [1.807, 2.05) is 24.3 Å². The van der Waals surface area contributed by atoms with Gasteiger partial charge in [-0.15, -0.1) is 0 Å². The molecule has 2 aliphatic carbocycles. The van der Waals surface area contributed by atoms with Crippen LogP contribution in [0.5, 0.6) is 5.75 Å². The van der Waals surface area contributed by atoms with Crippen molar-refractivity contribution in [2.24, 2.45) is 0 Å². The molecule has 0 amide bonds. The Kier molecular flexibility index (Phi) is 3.00. The first-order valence-electron chi connectivity index (χ1n) is 8.87. The van der Waals surface area contributed by atoms with Crippen LogP contribution in [0.25, 0.3) is 21.9 Å². The minimum absolute atomic E-state index is 0.216. The Bertz CT molecular complexity index is 1020. The van der Waals surface area contributed by atoms with Crippen molar-refractivity contribution < 1.29 is 13.9 Å². The third-order valence-corrected chi connectivity index (χ3v) is 6.05. The molecule has 0 saturated heterocycles. The van der Waals surface area contributed by atoms with Gasteiger partial charge < -0.3 is 5.11 Å². The highest BCUT2D eigenvalue weighted by atomic mass is 19.1. The van der Waals surface area contributed by atoms with Crippen LogP contribution in [0, 0.1) is 11.6 Å². The molecule has 0 heterocycles. The maximum atomic E-state index is 14.9. The number of hydrogen-bond acceptors (Lipinski definition) is 1. The first kappa shape index (κ1) is 14.9. The summed E-state index contributed by atoms with van der Waals surface area (Å²) in [5, 5.41) is 12.2. The van der Waals surface area contributed by atoms with Gasteiger partial charge in [-0.1, -0.05) is 43.5 Å². The van der Waals surface area contributed by atoms with Gasteiger partial charge in [0.25, 0.3) is 0 Å². The number of halogens is 2. The minimum atomic E-state index is -0.549. The molecule has 126 valence electrons. The van der Waals surface area contributed by atoms with E-state index < -0.39 is 17.0 Å². The lowest BCUT2D eigenvalue weighted by Crippen LogP contribution is -2.29. The van der Waals surface area contributed by atoms with Crippen molar-refractivity contribution in [1.82, 2.24) is 0 Å². The van der Waals surface area contributed by atoms with Gasteiger partial charge in [0.05, 0.1) is 0 Å². The summed E-state index contributed by atoms with van der Waals surface area (Å²) in [6, 6.07) is 11.8. The number of rotatable bonds is 0. The summed E-state index contributed by atoms with van der Waals surface area (Å²) < 4.78 is 29.0. The standard InChI is InChI=1S/C22H18F2O/c23-13-10-16-20-15-7-3-2-6-14(15)19(25)12-17(20)22(8-4-1-5-9-22)21(16)18(24)11-13/h2-3,6-7,10-12,25H,1,4-5,8-9H2. The zero-order chi connectivity index (χ0) is 17.2. The Balaban J connectivity index is 1.97. The van der Waals surface area contributed by atoms with Crippen LogP contribution in [-0.4, -0.2) is 5.11 Å². The molecule has 1 fully saturated rings. The van der Waals surface area contributed by atoms with Crippen molar-refractivity contribution in [3.05, 3.63) is 65.2 Å². The lowest BCUT2D eigenvalue weighted by molar-refractivity contribution is 0.341. The van der Waals surface area contributed by atoms with Crippen molar-refractivity contribution in [2.75, 3.05) is 0 Å². The van der Waals surface area contributed by atoms with Crippen LogP contribution in [0.1, 0.15) is 43.2 Å². The molecule has 0 radical (unpaired) electrons. The summed E-state index contributed by atoms with van der Waals surface area (Å²) in [5.74, 6) is -0.795. The fourth-order valence-electron chi connectivity index (χ4n) is 5.09. The van der Waals surface area contributed by atoms with Gasteiger partial charge in [0.1, 0.15) is 17.4 Å². The molecular formula is C22H18F2O. The Morgan fingerprint density at radius 2 is 1.60 bits per heavy atom. The summed E-state index contributed by atoms with van der Waals surface area (Å²) in [6.45, 7) is 0. The van der Waals surface area contributed by atoms with E-state index in [2.05, 4.69) is 0 Å². The molecule has 0 aromatic heterocycles. The molecule has 0 unspecified atom stereocenters. The number of phenolic OH excluding ortho intramolecular Hbond substituents is 1. The lowest BCUT2D eigenvalue weighted by atomic mass is 9.67. The number of benzene rings is 3. The Morgan fingerprint density at radius 1 is 0.880 bits per heavy atom. The van der Waals surface area contributed by atoms with E-state index in [0.29, 0.717) is 11.1 Å². The fourth-order valence-corrected chi connectivity index (χ4v) is 5.09. The summed E-state index contributed by atoms with van der Waals surface area (Å²) in [5.41, 5.74) is 2.69. The van der Waals surface area contributed by atoms with Crippen LogP contribution in [-0.2, 0) is 5.41 Å². The van der Waals surface area contributed by atoms with Gasteiger partial charge in [-0.3, -0.25) is 0 Å².